The van der Waals surface area contributed by atoms with Gasteiger partial charge in [0.1, 0.15) is 5.69 Å². The number of ketones is 2. The van der Waals surface area contributed by atoms with Crippen LogP contribution in [0.1, 0.15) is 33.3 Å². The predicted molar refractivity (Wildman–Crippen MR) is 72.2 cm³/mol. The van der Waals surface area contributed by atoms with Gasteiger partial charge in [-0.2, -0.15) is 0 Å². The lowest BCUT2D eigenvalue weighted by atomic mass is 9.84. The number of hydrogen-bond donors (Lipinski definition) is 0. The summed E-state index contributed by atoms with van der Waals surface area (Å²) in [5.41, 5.74) is 1.30. The molecule has 2 aliphatic rings. The molecular formula is C13H10N2O4S. The Balaban J connectivity index is 2.08. The van der Waals surface area contributed by atoms with Crippen LogP contribution in [0.25, 0.3) is 0 Å². The summed E-state index contributed by atoms with van der Waals surface area (Å²) >= 11 is 0.855. The molecule has 20 heavy (non-hydrogen) atoms. The number of pyridine rings is 1. The number of aromatic nitrogens is 1. The van der Waals surface area contributed by atoms with Crippen molar-refractivity contribution >= 4 is 23.3 Å². The minimum absolute atomic E-state index is 0.134. The molecule has 0 N–H and O–H groups in total. The minimum atomic E-state index is -0.764. The van der Waals surface area contributed by atoms with E-state index in [0.717, 1.165) is 17.3 Å². The van der Waals surface area contributed by atoms with E-state index in [0.29, 0.717) is 12.0 Å². The summed E-state index contributed by atoms with van der Waals surface area (Å²) in [6, 6.07) is 1.67. The number of aryl methyl sites for hydroxylation is 1. The first-order valence-electron chi connectivity index (χ1n) is 6.13. The summed E-state index contributed by atoms with van der Waals surface area (Å²) in [5.74, 6) is -1.32. The molecule has 2 unspecified atom stereocenters. The Morgan fingerprint density at radius 1 is 1.40 bits per heavy atom. The third kappa shape index (κ3) is 1.77. The maximum atomic E-state index is 12.4. The van der Waals surface area contributed by atoms with E-state index in [4.69, 9.17) is 0 Å². The molecule has 2 atom stereocenters. The van der Waals surface area contributed by atoms with Crippen molar-refractivity contribution in [2.75, 3.05) is 0 Å². The monoisotopic (exact) mass is 290 g/mol. The third-order valence-electron chi connectivity index (χ3n) is 3.49. The number of carbonyl (C=O) groups excluding carboxylic acids is 2. The lowest BCUT2D eigenvalue weighted by Crippen LogP contribution is -2.36. The lowest BCUT2D eigenvalue weighted by Gasteiger charge is -2.22. The topological polar surface area (TPSA) is 90.2 Å². The Morgan fingerprint density at radius 3 is 2.80 bits per heavy atom. The fourth-order valence-corrected chi connectivity index (χ4v) is 3.57. The molecule has 0 bridgehead atoms. The molecule has 0 radical (unpaired) electrons. The number of thioether (sulfide) groups is 1. The van der Waals surface area contributed by atoms with Gasteiger partial charge in [-0.3, -0.25) is 24.7 Å². The maximum absolute atomic E-state index is 12.4. The van der Waals surface area contributed by atoms with Crippen molar-refractivity contribution in [1.29, 1.82) is 0 Å². The molecule has 1 aromatic heterocycles. The quantitative estimate of drug-likeness (QED) is 0.610. The van der Waals surface area contributed by atoms with Crippen LogP contribution in [0.4, 0.5) is 0 Å². The highest BCUT2D eigenvalue weighted by Crippen LogP contribution is 2.43. The van der Waals surface area contributed by atoms with Gasteiger partial charge in [0.25, 0.3) is 0 Å². The Hall–Kier alpha value is -2.02. The summed E-state index contributed by atoms with van der Waals surface area (Å²) < 4.78 is 0. The van der Waals surface area contributed by atoms with Crippen LogP contribution in [0.5, 0.6) is 0 Å². The molecule has 0 saturated carbocycles. The number of nitrogens with zero attached hydrogens (tertiary/aromatic N) is 2. The van der Waals surface area contributed by atoms with Gasteiger partial charge < -0.3 is 0 Å². The zero-order valence-corrected chi connectivity index (χ0v) is 11.3. The normalized spacial score (nSPS) is 24.1. The zero-order valence-electron chi connectivity index (χ0n) is 10.5. The molecule has 1 aliphatic heterocycles. The Labute approximate surface area is 118 Å². The van der Waals surface area contributed by atoms with Crippen LogP contribution < -0.4 is 0 Å². The summed E-state index contributed by atoms with van der Waals surface area (Å²) in [7, 11) is 0. The van der Waals surface area contributed by atoms with Crippen LogP contribution in [-0.2, 0) is 6.42 Å². The van der Waals surface area contributed by atoms with E-state index in [1.165, 1.54) is 6.08 Å². The van der Waals surface area contributed by atoms with Gasteiger partial charge in [0.15, 0.2) is 11.6 Å². The molecule has 6 nitrogen and oxygen atoms in total. The van der Waals surface area contributed by atoms with E-state index in [1.54, 1.807) is 12.3 Å². The van der Waals surface area contributed by atoms with Crippen LogP contribution in [-0.4, -0.2) is 26.7 Å². The van der Waals surface area contributed by atoms with E-state index in [-0.39, 0.29) is 22.3 Å². The van der Waals surface area contributed by atoms with Crippen molar-refractivity contribution < 1.29 is 14.5 Å². The van der Waals surface area contributed by atoms with Gasteiger partial charge in [0, 0.05) is 17.8 Å². The second-order valence-corrected chi connectivity index (χ2v) is 5.81. The number of hydrogen-bond acceptors (Lipinski definition) is 6. The highest BCUT2D eigenvalue weighted by molar-refractivity contribution is 8.04. The van der Waals surface area contributed by atoms with Crippen molar-refractivity contribution in [3.63, 3.8) is 0 Å². The fourth-order valence-electron chi connectivity index (χ4n) is 2.41. The fraction of sp³-hybridized carbons (Fsp3) is 0.308. The molecule has 3 rings (SSSR count). The van der Waals surface area contributed by atoms with E-state index in [1.807, 2.05) is 6.92 Å². The van der Waals surface area contributed by atoms with Crippen LogP contribution >= 0.6 is 11.8 Å². The summed E-state index contributed by atoms with van der Waals surface area (Å²) in [6.45, 7) is 1.93. The highest BCUT2D eigenvalue weighted by atomic mass is 32.2. The maximum Gasteiger partial charge on any atom is 0.300 e. The number of nitro groups is 1. The van der Waals surface area contributed by atoms with Crippen molar-refractivity contribution in [2.24, 2.45) is 5.92 Å². The Kier molecular flexibility index (Phi) is 2.93. The van der Waals surface area contributed by atoms with Gasteiger partial charge in [-0.25, -0.2) is 0 Å². The molecule has 0 saturated heterocycles. The molecule has 7 heteroatoms. The number of fused-ring (bicyclic) bond motifs is 2. The Bertz CT molecular complexity index is 683. The van der Waals surface area contributed by atoms with Crippen LogP contribution in [0.3, 0.4) is 0 Å². The first-order chi connectivity index (χ1) is 9.52. The molecule has 1 aromatic rings. The molecule has 0 fully saturated rings. The predicted octanol–water partition coefficient (Wildman–Crippen LogP) is 1.87. The van der Waals surface area contributed by atoms with Crippen LogP contribution in [0, 0.1) is 16.0 Å². The zero-order chi connectivity index (χ0) is 14.4. The van der Waals surface area contributed by atoms with Gasteiger partial charge in [0.2, 0.25) is 0 Å². The van der Waals surface area contributed by atoms with E-state index < -0.39 is 16.1 Å². The first kappa shape index (κ1) is 13.0. The van der Waals surface area contributed by atoms with E-state index in [9.17, 15) is 19.7 Å². The van der Waals surface area contributed by atoms with Crippen LogP contribution in [0.2, 0.25) is 0 Å². The second-order valence-electron chi connectivity index (χ2n) is 4.65. The van der Waals surface area contributed by atoms with Crippen LogP contribution in [0.15, 0.2) is 23.4 Å². The van der Waals surface area contributed by atoms with Gasteiger partial charge in [-0.05, 0) is 29.8 Å². The van der Waals surface area contributed by atoms with Gasteiger partial charge in [0.05, 0.1) is 16.1 Å². The van der Waals surface area contributed by atoms with Crippen molar-refractivity contribution in [1.82, 2.24) is 4.98 Å². The smallest absolute Gasteiger partial charge is 0.293 e. The highest BCUT2D eigenvalue weighted by Gasteiger charge is 2.48. The average Bonchev–Trinajstić information content (AvgIpc) is 2.90. The minimum Gasteiger partial charge on any atom is -0.293 e. The molecule has 2 heterocycles. The van der Waals surface area contributed by atoms with E-state index in [2.05, 4.69) is 4.98 Å². The van der Waals surface area contributed by atoms with E-state index >= 15 is 0 Å². The molecule has 0 amide bonds. The summed E-state index contributed by atoms with van der Waals surface area (Å²) in [6.07, 6.45) is 3.56. The van der Waals surface area contributed by atoms with Crippen molar-refractivity contribution in [3.05, 3.63) is 50.3 Å². The summed E-state index contributed by atoms with van der Waals surface area (Å²) in [5, 5.41) is 9.96. The SMILES string of the molecule is CCc1cnc2c(c1)C(=O)C1SC([N+](=O)[O-])=CC1C2=O. The molecular weight excluding hydrogens is 280 g/mol. The Morgan fingerprint density at radius 2 is 2.15 bits per heavy atom. The second kappa shape index (κ2) is 4.52. The molecule has 0 aromatic carbocycles. The molecule has 102 valence electrons. The first-order valence-corrected chi connectivity index (χ1v) is 7.01. The number of Topliss-reactive ketones (excluding diaryl/α,β-unsaturated/α-hetero) is 2. The number of carbonyl (C=O) groups is 2. The largest absolute Gasteiger partial charge is 0.300 e. The lowest BCUT2D eigenvalue weighted by molar-refractivity contribution is -0.410. The van der Waals surface area contributed by atoms with Gasteiger partial charge in [-0.15, -0.1) is 0 Å². The number of rotatable bonds is 2. The third-order valence-corrected chi connectivity index (χ3v) is 4.78. The number of allylic oxidation sites excluding steroid dienone is 1. The standard InChI is InChI=1S/C13H10N2O4S/c1-2-6-3-7-10(14-5-6)11(16)8-4-9(15(18)19)20-13(8)12(7)17/h3-5,8,13H,2H2,1H3. The van der Waals surface area contributed by atoms with Crippen molar-refractivity contribution in [3.8, 4) is 0 Å². The molecule has 0 spiro atoms. The van der Waals surface area contributed by atoms with Gasteiger partial charge in [-0.1, -0.05) is 6.92 Å². The van der Waals surface area contributed by atoms with Crippen molar-refractivity contribution in [2.45, 2.75) is 18.6 Å². The average molecular weight is 290 g/mol. The van der Waals surface area contributed by atoms with Gasteiger partial charge >= 0.3 is 5.03 Å². The molecule has 1 aliphatic carbocycles. The summed E-state index contributed by atoms with van der Waals surface area (Å²) in [4.78, 5) is 39.1.